The number of ether oxygens (including phenoxy) is 3. The number of nitrogens with zero attached hydrogens (tertiary/aromatic N) is 2. The van der Waals surface area contributed by atoms with Gasteiger partial charge in [-0.3, -0.25) is 14.3 Å². The molecule has 0 saturated carbocycles. The number of methoxy groups -OCH3 is 1. The average Bonchev–Trinajstić information content (AvgIpc) is 3.09. The van der Waals surface area contributed by atoms with Gasteiger partial charge in [0.15, 0.2) is 0 Å². The van der Waals surface area contributed by atoms with Crippen LogP contribution in [0.25, 0.3) is 0 Å². The number of carbonyl (C=O) groups excluding carboxylic acids is 2. The number of sulfonamides is 1. The van der Waals surface area contributed by atoms with Crippen LogP contribution in [-0.4, -0.2) is 93.8 Å². The van der Waals surface area contributed by atoms with Crippen molar-refractivity contribution >= 4 is 27.5 Å². The Kier molecular flexibility index (Phi) is 12.9. The van der Waals surface area contributed by atoms with Gasteiger partial charge in [0.2, 0.25) is 0 Å². The molecule has 1 heterocycles. The molecular formula is C36H47N3O8S. The fourth-order valence-electron chi connectivity index (χ4n) is 5.57. The molecule has 0 saturated heterocycles. The van der Waals surface area contributed by atoms with Gasteiger partial charge in [-0.05, 0) is 87.7 Å². The number of aliphatic hydroxyl groups is 1. The molecule has 0 aromatic heterocycles. The fraction of sp³-hybridized carbons (Fsp3) is 0.444. The van der Waals surface area contributed by atoms with Crippen LogP contribution < -0.4 is 14.2 Å². The molecule has 260 valence electrons. The Morgan fingerprint density at radius 2 is 1.79 bits per heavy atom. The number of hydrogen-bond donors (Lipinski definition) is 2. The van der Waals surface area contributed by atoms with Crippen molar-refractivity contribution in [3.63, 3.8) is 0 Å². The van der Waals surface area contributed by atoms with E-state index in [2.05, 4.69) is 4.72 Å². The third-order valence-corrected chi connectivity index (χ3v) is 9.89. The van der Waals surface area contributed by atoms with Crippen molar-refractivity contribution in [1.82, 2.24) is 9.80 Å². The highest BCUT2D eigenvalue weighted by Gasteiger charge is 2.31. The van der Waals surface area contributed by atoms with E-state index in [9.17, 15) is 23.1 Å². The largest absolute Gasteiger partial charge is 0.497 e. The number of fused-ring (bicyclic) bond motifs is 1. The van der Waals surface area contributed by atoms with Gasteiger partial charge in [0.1, 0.15) is 11.5 Å². The second-order valence-corrected chi connectivity index (χ2v) is 14.0. The number of anilines is 1. The summed E-state index contributed by atoms with van der Waals surface area (Å²) >= 11 is 0. The summed E-state index contributed by atoms with van der Waals surface area (Å²) in [7, 11) is -0.758. The highest BCUT2D eigenvalue weighted by Crippen LogP contribution is 2.30. The van der Waals surface area contributed by atoms with Crippen LogP contribution >= 0.6 is 0 Å². The second-order valence-electron chi connectivity index (χ2n) is 12.3. The van der Waals surface area contributed by atoms with E-state index in [-0.39, 0.29) is 47.2 Å². The van der Waals surface area contributed by atoms with Gasteiger partial charge in [0.25, 0.3) is 21.8 Å². The topological polar surface area (TPSA) is 135 Å². The molecule has 12 heteroatoms. The SMILES string of the molecule is COc1ccc(S(=O)(=O)Nc2ccc3c(c2)C(=O)N([C@H](C)CO)C[C@@H](C)[C@@H](CN(C)C(=O)c2ccccc2)OCCCC[C@H](C)O3)cc1. The van der Waals surface area contributed by atoms with Crippen molar-refractivity contribution in [3.05, 3.63) is 83.9 Å². The molecule has 48 heavy (non-hydrogen) atoms. The summed E-state index contributed by atoms with van der Waals surface area (Å²) < 4.78 is 46.8. The summed E-state index contributed by atoms with van der Waals surface area (Å²) in [6.45, 7) is 6.31. The molecule has 3 aromatic rings. The molecule has 4 atom stereocenters. The first kappa shape index (κ1) is 36.7. The Balaban J connectivity index is 1.65. The van der Waals surface area contributed by atoms with Gasteiger partial charge in [-0.2, -0.15) is 0 Å². The maximum Gasteiger partial charge on any atom is 0.261 e. The number of likely N-dealkylation sites (N-methyl/N-ethyl adjacent to an activating group) is 1. The zero-order valence-electron chi connectivity index (χ0n) is 28.3. The van der Waals surface area contributed by atoms with E-state index >= 15 is 0 Å². The van der Waals surface area contributed by atoms with E-state index in [4.69, 9.17) is 14.2 Å². The van der Waals surface area contributed by atoms with Crippen LogP contribution in [0, 0.1) is 5.92 Å². The number of rotatable bonds is 9. The lowest BCUT2D eigenvalue weighted by Gasteiger charge is -2.36. The van der Waals surface area contributed by atoms with Crippen LogP contribution in [0.3, 0.4) is 0 Å². The molecule has 0 unspecified atom stereocenters. The maximum atomic E-state index is 14.4. The summed E-state index contributed by atoms with van der Waals surface area (Å²) in [4.78, 5) is 30.8. The fourth-order valence-corrected chi connectivity index (χ4v) is 6.62. The van der Waals surface area contributed by atoms with Gasteiger partial charge in [0, 0.05) is 43.9 Å². The van der Waals surface area contributed by atoms with E-state index in [1.807, 2.05) is 32.0 Å². The first-order valence-electron chi connectivity index (χ1n) is 16.2. The predicted octanol–water partition coefficient (Wildman–Crippen LogP) is 5.06. The van der Waals surface area contributed by atoms with E-state index in [0.29, 0.717) is 36.6 Å². The smallest absolute Gasteiger partial charge is 0.261 e. The molecule has 3 aromatic carbocycles. The van der Waals surface area contributed by atoms with Crippen molar-refractivity contribution < 1.29 is 37.3 Å². The monoisotopic (exact) mass is 681 g/mol. The summed E-state index contributed by atoms with van der Waals surface area (Å²) in [6, 6.07) is 19.1. The van der Waals surface area contributed by atoms with Crippen LogP contribution in [0.4, 0.5) is 5.69 Å². The maximum absolute atomic E-state index is 14.4. The zero-order valence-corrected chi connectivity index (χ0v) is 29.1. The molecule has 0 fully saturated rings. The highest BCUT2D eigenvalue weighted by atomic mass is 32.2. The lowest BCUT2D eigenvalue weighted by atomic mass is 10.0. The summed E-state index contributed by atoms with van der Waals surface area (Å²) in [5.41, 5.74) is 0.917. The number of carbonyl (C=O) groups is 2. The molecule has 2 N–H and O–H groups in total. The second kappa shape index (κ2) is 16.8. The molecule has 0 radical (unpaired) electrons. The Morgan fingerprint density at radius 3 is 2.46 bits per heavy atom. The van der Waals surface area contributed by atoms with E-state index in [1.165, 1.54) is 25.3 Å². The molecule has 11 nitrogen and oxygen atoms in total. The predicted molar refractivity (Wildman–Crippen MR) is 184 cm³/mol. The van der Waals surface area contributed by atoms with Crippen LogP contribution in [0.1, 0.15) is 60.7 Å². The molecule has 4 rings (SSSR count). The van der Waals surface area contributed by atoms with E-state index in [1.54, 1.807) is 60.2 Å². The number of amides is 2. The molecule has 1 aliphatic rings. The number of benzene rings is 3. The lowest BCUT2D eigenvalue weighted by Crippen LogP contribution is -2.48. The van der Waals surface area contributed by atoms with Crippen molar-refractivity contribution in [1.29, 1.82) is 0 Å². The normalized spacial score (nSPS) is 20.1. The number of hydrogen-bond acceptors (Lipinski definition) is 8. The van der Waals surface area contributed by atoms with Crippen LogP contribution in [0.2, 0.25) is 0 Å². The standard InChI is InChI=1S/C36H47N3O8S/c1-25-22-39(26(2)24-40)36(42)32-21-29(37-48(43,44)31-17-15-30(45-5)16-18-31)14-19-33(32)47-27(3)11-9-10-20-46-34(25)23-38(4)35(41)28-12-7-6-8-13-28/h6-8,12-19,21,25-27,34,37,40H,9-11,20,22-24H2,1-5H3/t25-,26-,27+,34-/m1/s1. The van der Waals surface area contributed by atoms with Gasteiger partial charge in [-0.1, -0.05) is 25.1 Å². The average molecular weight is 682 g/mol. The Hall–Kier alpha value is -4.13. The highest BCUT2D eigenvalue weighted by molar-refractivity contribution is 7.92. The van der Waals surface area contributed by atoms with Crippen molar-refractivity contribution in [2.45, 2.75) is 63.2 Å². The number of nitrogens with one attached hydrogen (secondary N) is 1. The van der Waals surface area contributed by atoms with E-state index in [0.717, 1.165) is 12.8 Å². The summed E-state index contributed by atoms with van der Waals surface area (Å²) in [5, 5.41) is 10.2. The molecular weight excluding hydrogens is 634 g/mol. The molecule has 0 bridgehead atoms. The Labute approximate surface area is 283 Å². The van der Waals surface area contributed by atoms with Crippen LogP contribution in [-0.2, 0) is 14.8 Å². The zero-order chi connectivity index (χ0) is 34.8. The first-order valence-corrected chi connectivity index (χ1v) is 17.7. The third-order valence-electron chi connectivity index (χ3n) is 8.49. The Morgan fingerprint density at radius 1 is 1.08 bits per heavy atom. The van der Waals surface area contributed by atoms with Crippen LogP contribution in [0.15, 0.2) is 77.7 Å². The van der Waals surface area contributed by atoms with Gasteiger partial charge < -0.3 is 29.1 Å². The summed E-state index contributed by atoms with van der Waals surface area (Å²) in [5.74, 6) is 0.0387. The quantitative estimate of drug-likeness (QED) is 0.320. The number of aliphatic hydroxyl groups excluding tert-OH is 1. The van der Waals surface area contributed by atoms with E-state index < -0.39 is 28.1 Å². The minimum absolute atomic E-state index is 0.0330. The van der Waals surface area contributed by atoms with Crippen molar-refractivity contribution in [2.75, 3.05) is 45.2 Å². The lowest BCUT2D eigenvalue weighted by molar-refractivity contribution is -0.0149. The summed E-state index contributed by atoms with van der Waals surface area (Å²) in [6.07, 6.45) is 1.66. The van der Waals surface area contributed by atoms with Crippen LogP contribution in [0.5, 0.6) is 11.5 Å². The van der Waals surface area contributed by atoms with Gasteiger partial charge in [-0.15, -0.1) is 0 Å². The van der Waals surface area contributed by atoms with Gasteiger partial charge >= 0.3 is 0 Å². The van der Waals surface area contributed by atoms with Crippen molar-refractivity contribution in [3.8, 4) is 11.5 Å². The molecule has 1 aliphatic heterocycles. The third kappa shape index (κ3) is 9.48. The Bertz CT molecular complexity index is 1620. The van der Waals surface area contributed by atoms with Gasteiger partial charge in [0.05, 0.1) is 42.4 Å². The molecule has 2 amide bonds. The minimum Gasteiger partial charge on any atom is -0.497 e. The molecule has 0 aliphatic carbocycles. The van der Waals surface area contributed by atoms with Gasteiger partial charge in [-0.25, -0.2) is 8.42 Å². The van der Waals surface area contributed by atoms with Crippen molar-refractivity contribution in [2.24, 2.45) is 5.92 Å². The minimum atomic E-state index is -3.99. The molecule has 0 spiro atoms. The first-order chi connectivity index (χ1) is 22.9.